The van der Waals surface area contributed by atoms with Crippen LogP contribution in [0.1, 0.15) is 43.4 Å². The fourth-order valence-electron chi connectivity index (χ4n) is 5.27. The van der Waals surface area contributed by atoms with Crippen molar-refractivity contribution in [3.8, 4) is 0 Å². The molecule has 6 heteroatoms. The molecule has 1 heterocycles. The van der Waals surface area contributed by atoms with Gasteiger partial charge < -0.3 is 14.6 Å². The number of likely N-dealkylation sites (tertiary alicyclic amines) is 1. The van der Waals surface area contributed by atoms with Gasteiger partial charge in [-0.2, -0.15) is 0 Å². The van der Waals surface area contributed by atoms with Crippen LogP contribution in [0.25, 0.3) is 5.57 Å². The minimum atomic E-state index is -1.13. The topological polar surface area (TPSA) is 76.1 Å². The van der Waals surface area contributed by atoms with Gasteiger partial charge in [-0.25, -0.2) is 9.59 Å². The highest BCUT2D eigenvalue weighted by molar-refractivity contribution is 5.83. The summed E-state index contributed by atoms with van der Waals surface area (Å²) in [5, 5.41) is 11.7. The lowest BCUT2D eigenvalue weighted by atomic mass is 9.81. The third-order valence-corrected chi connectivity index (χ3v) is 6.97. The molecule has 2 fully saturated rings. The zero-order valence-electron chi connectivity index (χ0n) is 19.2. The van der Waals surface area contributed by atoms with Crippen molar-refractivity contribution in [1.29, 1.82) is 0 Å². The molecule has 174 valence electrons. The number of hydrogen-bond acceptors (Lipinski definition) is 5. The molecule has 2 aliphatic rings. The van der Waals surface area contributed by atoms with Gasteiger partial charge in [0.25, 0.3) is 0 Å². The quantitative estimate of drug-likeness (QED) is 0.657. The van der Waals surface area contributed by atoms with Gasteiger partial charge in [0.05, 0.1) is 12.2 Å². The van der Waals surface area contributed by atoms with Gasteiger partial charge in [-0.05, 0) is 49.3 Å². The Bertz CT molecular complexity index is 1020. The first-order chi connectivity index (χ1) is 15.8. The number of carbonyl (C=O) groups excluding carboxylic acids is 2. The molecule has 1 aliphatic carbocycles. The van der Waals surface area contributed by atoms with Crippen LogP contribution in [-0.4, -0.2) is 41.3 Å². The summed E-state index contributed by atoms with van der Waals surface area (Å²) in [6.45, 7) is 8.24. The molecular weight excluding hydrogens is 418 g/mol. The van der Waals surface area contributed by atoms with Gasteiger partial charge in [0.15, 0.2) is 0 Å². The van der Waals surface area contributed by atoms with Gasteiger partial charge in [-0.1, -0.05) is 66.7 Å². The number of nitrogens with zero attached hydrogens (tertiary/aromatic N) is 1. The number of aliphatic hydroxyl groups is 1. The van der Waals surface area contributed by atoms with Gasteiger partial charge >= 0.3 is 12.1 Å². The van der Waals surface area contributed by atoms with Crippen LogP contribution >= 0.6 is 0 Å². The maximum Gasteiger partial charge on any atom is 0.410 e. The maximum atomic E-state index is 13.0. The standard InChI is InChI=1S/C27H31NO5/c1-4-32-25(29)24-22-14-15-27(31,21-12-10-20(11-13-21)18(2)3)23(22)16-28(24)26(30)33-17-19-8-6-5-7-9-19/h5-13,22-24,31H,2,4,14-17H2,1,3H3/t22-,23-,24-,27?/m0/s1. The molecule has 4 rings (SSSR count). The first-order valence-corrected chi connectivity index (χ1v) is 11.5. The van der Waals surface area contributed by atoms with Crippen LogP contribution in [-0.2, 0) is 26.5 Å². The second-order valence-corrected chi connectivity index (χ2v) is 8.98. The van der Waals surface area contributed by atoms with E-state index in [1.165, 1.54) is 4.90 Å². The average molecular weight is 450 g/mol. The van der Waals surface area contributed by atoms with Crippen LogP contribution in [0.15, 0.2) is 61.2 Å². The van der Waals surface area contributed by atoms with Crippen molar-refractivity contribution < 1.29 is 24.2 Å². The molecule has 0 spiro atoms. The Kier molecular flexibility index (Phi) is 6.56. The highest BCUT2D eigenvalue weighted by atomic mass is 16.6. The number of amides is 1. The van der Waals surface area contributed by atoms with Crippen LogP contribution in [0.2, 0.25) is 0 Å². The third-order valence-electron chi connectivity index (χ3n) is 6.97. The van der Waals surface area contributed by atoms with Crippen molar-refractivity contribution in [2.45, 2.75) is 44.9 Å². The molecule has 1 unspecified atom stereocenters. The molecule has 33 heavy (non-hydrogen) atoms. The largest absolute Gasteiger partial charge is 0.464 e. The summed E-state index contributed by atoms with van der Waals surface area (Å²) < 4.78 is 10.9. The molecule has 0 radical (unpaired) electrons. The molecule has 0 bridgehead atoms. The Morgan fingerprint density at radius 3 is 2.45 bits per heavy atom. The number of benzene rings is 2. The smallest absolute Gasteiger partial charge is 0.410 e. The Labute approximate surface area is 194 Å². The lowest BCUT2D eigenvalue weighted by Crippen LogP contribution is -2.44. The van der Waals surface area contributed by atoms with Crippen molar-refractivity contribution in [1.82, 2.24) is 4.90 Å². The maximum absolute atomic E-state index is 13.0. The van der Waals surface area contributed by atoms with E-state index in [4.69, 9.17) is 9.47 Å². The normalized spacial score (nSPS) is 26.0. The molecule has 1 amide bonds. The van der Waals surface area contributed by atoms with Gasteiger partial charge in [0, 0.05) is 12.5 Å². The van der Waals surface area contributed by atoms with Gasteiger partial charge in [-0.15, -0.1) is 0 Å². The first-order valence-electron chi connectivity index (χ1n) is 11.5. The Morgan fingerprint density at radius 2 is 1.82 bits per heavy atom. The van der Waals surface area contributed by atoms with E-state index in [0.717, 1.165) is 22.3 Å². The number of ether oxygens (including phenoxy) is 2. The number of carbonyl (C=O) groups is 2. The highest BCUT2D eigenvalue weighted by Gasteiger charge is 2.60. The molecule has 2 aromatic rings. The Morgan fingerprint density at radius 1 is 1.12 bits per heavy atom. The molecule has 1 N–H and O–H groups in total. The number of rotatable bonds is 6. The monoisotopic (exact) mass is 449 g/mol. The fourth-order valence-corrected chi connectivity index (χ4v) is 5.27. The molecule has 4 atom stereocenters. The lowest BCUT2D eigenvalue weighted by Gasteiger charge is -2.30. The number of allylic oxidation sites excluding steroid dienone is 1. The van der Waals surface area contributed by atoms with E-state index in [1.54, 1.807) is 6.92 Å². The van der Waals surface area contributed by atoms with E-state index in [0.29, 0.717) is 12.8 Å². The molecule has 2 aromatic carbocycles. The molecule has 0 aromatic heterocycles. The van der Waals surface area contributed by atoms with Crippen LogP contribution < -0.4 is 0 Å². The van der Waals surface area contributed by atoms with Gasteiger partial charge in [0.1, 0.15) is 12.6 Å². The van der Waals surface area contributed by atoms with Crippen molar-refractivity contribution in [2.24, 2.45) is 11.8 Å². The average Bonchev–Trinajstić information content (AvgIpc) is 3.37. The van der Waals surface area contributed by atoms with E-state index in [2.05, 4.69) is 6.58 Å². The van der Waals surface area contributed by atoms with E-state index in [-0.39, 0.29) is 31.6 Å². The summed E-state index contributed by atoms with van der Waals surface area (Å²) in [7, 11) is 0. The number of esters is 1. The third kappa shape index (κ3) is 4.40. The van der Waals surface area contributed by atoms with Crippen molar-refractivity contribution in [3.63, 3.8) is 0 Å². The second-order valence-electron chi connectivity index (χ2n) is 8.98. The minimum Gasteiger partial charge on any atom is -0.464 e. The molecule has 1 saturated carbocycles. The summed E-state index contributed by atoms with van der Waals surface area (Å²) in [4.78, 5) is 27.4. The second kappa shape index (κ2) is 9.40. The van der Waals surface area contributed by atoms with Crippen LogP contribution in [0.4, 0.5) is 4.79 Å². The van der Waals surface area contributed by atoms with E-state index in [9.17, 15) is 14.7 Å². The van der Waals surface area contributed by atoms with Crippen molar-refractivity contribution >= 4 is 17.6 Å². The molecule has 1 aliphatic heterocycles. The molecular formula is C27H31NO5. The fraction of sp³-hybridized carbons (Fsp3) is 0.407. The lowest BCUT2D eigenvalue weighted by molar-refractivity contribution is -0.149. The predicted molar refractivity (Wildman–Crippen MR) is 125 cm³/mol. The molecule has 1 saturated heterocycles. The molecule has 6 nitrogen and oxygen atoms in total. The Hall–Kier alpha value is -3.12. The van der Waals surface area contributed by atoms with Crippen LogP contribution in [0, 0.1) is 11.8 Å². The van der Waals surface area contributed by atoms with E-state index < -0.39 is 23.7 Å². The summed E-state index contributed by atoms with van der Waals surface area (Å²) in [5.74, 6) is -0.922. The number of fused-ring (bicyclic) bond motifs is 1. The summed E-state index contributed by atoms with van der Waals surface area (Å²) in [6, 6.07) is 16.4. The van der Waals surface area contributed by atoms with Crippen LogP contribution in [0.3, 0.4) is 0 Å². The zero-order valence-corrected chi connectivity index (χ0v) is 19.2. The summed E-state index contributed by atoms with van der Waals surface area (Å²) >= 11 is 0. The summed E-state index contributed by atoms with van der Waals surface area (Å²) in [5.41, 5.74) is 2.50. The first kappa shape index (κ1) is 23.1. The zero-order chi connectivity index (χ0) is 23.6. The van der Waals surface area contributed by atoms with E-state index >= 15 is 0 Å². The Balaban J connectivity index is 1.57. The minimum absolute atomic E-state index is 0.119. The van der Waals surface area contributed by atoms with Gasteiger partial charge in [-0.3, -0.25) is 4.90 Å². The van der Waals surface area contributed by atoms with E-state index in [1.807, 2.05) is 61.5 Å². The highest BCUT2D eigenvalue weighted by Crippen LogP contribution is 2.53. The summed E-state index contributed by atoms with van der Waals surface area (Å²) in [6.07, 6.45) is 0.582. The van der Waals surface area contributed by atoms with Crippen LogP contribution in [0.5, 0.6) is 0 Å². The van der Waals surface area contributed by atoms with Gasteiger partial charge in [0.2, 0.25) is 0 Å². The van der Waals surface area contributed by atoms with Crippen molar-refractivity contribution in [3.05, 3.63) is 77.9 Å². The SMILES string of the molecule is C=C(C)c1ccc(C2(O)CC[C@@H]3[C@@H](C(=O)OCC)N(C(=O)OCc4ccccc4)C[C@@H]32)cc1. The van der Waals surface area contributed by atoms with Crippen molar-refractivity contribution in [2.75, 3.05) is 13.2 Å². The predicted octanol–water partition coefficient (Wildman–Crippen LogP) is 4.52. The number of hydrogen-bond donors (Lipinski definition) is 1.